The molecule has 2 aliphatic rings. The van der Waals surface area contributed by atoms with Crippen molar-refractivity contribution < 1.29 is 9.59 Å². The van der Waals surface area contributed by atoms with Crippen molar-refractivity contribution in [3.8, 4) is 0 Å². The first-order valence-electron chi connectivity index (χ1n) is 13.2. The maximum atomic E-state index is 13.3. The van der Waals surface area contributed by atoms with Crippen LogP contribution in [-0.4, -0.2) is 48.8 Å². The maximum absolute atomic E-state index is 13.3. The molecule has 0 aliphatic heterocycles. The lowest BCUT2D eigenvalue weighted by Gasteiger charge is -2.22. The number of nitrogens with zero attached hydrogens (tertiary/aromatic N) is 4. The van der Waals surface area contributed by atoms with Crippen LogP contribution in [0.25, 0.3) is 16.7 Å². The SMILES string of the molecule is CCCn1c(=O)c2ccc(C(=O)NC3CCCCC3)cc2n2c(SCC(=O)NC3CCCC3)nnc12. The van der Waals surface area contributed by atoms with Gasteiger partial charge in [0.05, 0.1) is 16.7 Å². The molecule has 1 aromatic carbocycles. The highest BCUT2D eigenvalue weighted by Crippen LogP contribution is 2.24. The predicted molar refractivity (Wildman–Crippen MR) is 141 cm³/mol. The number of amides is 2. The summed E-state index contributed by atoms with van der Waals surface area (Å²) in [5, 5.41) is 16.0. The van der Waals surface area contributed by atoms with Gasteiger partial charge in [0.2, 0.25) is 11.7 Å². The molecule has 2 amide bonds. The molecule has 2 heterocycles. The lowest BCUT2D eigenvalue weighted by atomic mass is 9.95. The summed E-state index contributed by atoms with van der Waals surface area (Å²) in [6, 6.07) is 5.65. The van der Waals surface area contributed by atoms with Gasteiger partial charge in [-0.25, -0.2) is 0 Å². The van der Waals surface area contributed by atoms with Crippen molar-refractivity contribution >= 4 is 40.3 Å². The van der Waals surface area contributed by atoms with Gasteiger partial charge < -0.3 is 10.6 Å². The maximum Gasteiger partial charge on any atom is 0.262 e. The average Bonchev–Trinajstić information content (AvgIpc) is 3.55. The first-order valence-corrected chi connectivity index (χ1v) is 14.2. The number of rotatable bonds is 8. The second-order valence-corrected chi connectivity index (χ2v) is 10.9. The minimum absolute atomic E-state index is 0.0256. The molecule has 3 aromatic rings. The third-order valence-corrected chi connectivity index (χ3v) is 8.20. The zero-order valence-corrected chi connectivity index (χ0v) is 21.6. The zero-order chi connectivity index (χ0) is 25.1. The Bertz CT molecular complexity index is 1320. The Morgan fingerprint density at radius 2 is 1.69 bits per heavy atom. The van der Waals surface area contributed by atoms with E-state index in [0.717, 1.165) is 57.8 Å². The van der Waals surface area contributed by atoms with Crippen LogP contribution in [0.3, 0.4) is 0 Å². The van der Waals surface area contributed by atoms with Crippen LogP contribution in [0.1, 0.15) is 81.5 Å². The molecule has 36 heavy (non-hydrogen) atoms. The number of aryl methyl sites for hydroxylation is 1. The second-order valence-electron chi connectivity index (χ2n) is 9.95. The molecule has 2 aromatic heterocycles. The van der Waals surface area contributed by atoms with E-state index in [1.54, 1.807) is 22.8 Å². The summed E-state index contributed by atoms with van der Waals surface area (Å²) in [5.74, 6) is 0.487. The fraction of sp³-hybridized carbons (Fsp3) is 0.577. The number of fused-ring (bicyclic) bond motifs is 3. The van der Waals surface area contributed by atoms with Crippen molar-refractivity contribution in [2.75, 3.05) is 5.75 Å². The molecule has 2 fully saturated rings. The highest BCUT2D eigenvalue weighted by atomic mass is 32.2. The lowest BCUT2D eigenvalue weighted by molar-refractivity contribution is -0.119. The largest absolute Gasteiger partial charge is 0.353 e. The molecule has 10 heteroatoms. The topological polar surface area (TPSA) is 110 Å². The first-order chi connectivity index (χ1) is 17.5. The van der Waals surface area contributed by atoms with Crippen LogP contribution in [0.15, 0.2) is 28.2 Å². The quantitative estimate of drug-likeness (QED) is 0.448. The van der Waals surface area contributed by atoms with Crippen LogP contribution < -0.4 is 16.2 Å². The minimum Gasteiger partial charge on any atom is -0.353 e. The van der Waals surface area contributed by atoms with Crippen LogP contribution >= 0.6 is 11.8 Å². The number of thioether (sulfide) groups is 1. The van der Waals surface area contributed by atoms with Gasteiger partial charge in [0.25, 0.3) is 11.5 Å². The van der Waals surface area contributed by atoms with E-state index in [0.29, 0.717) is 33.9 Å². The van der Waals surface area contributed by atoms with Crippen molar-refractivity contribution in [2.45, 2.75) is 94.9 Å². The highest BCUT2D eigenvalue weighted by Gasteiger charge is 2.22. The fourth-order valence-corrected chi connectivity index (χ4v) is 6.18. The van der Waals surface area contributed by atoms with Crippen LogP contribution in [0, 0.1) is 0 Å². The Morgan fingerprint density at radius 1 is 1.00 bits per heavy atom. The molecule has 0 atom stereocenters. The third-order valence-electron chi connectivity index (χ3n) is 7.27. The van der Waals surface area contributed by atoms with Crippen LogP contribution in [0.5, 0.6) is 0 Å². The number of benzene rings is 1. The number of hydrogen-bond acceptors (Lipinski definition) is 6. The van der Waals surface area contributed by atoms with Gasteiger partial charge in [-0.2, -0.15) is 0 Å². The molecular weight excluding hydrogens is 476 g/mol. The molecular formula is C26H34N6O3S. The summed E-state index contributed by atoms with van der Waals surface area (Å²) in [6.07, 6.45) is 10.6. The summed E-state index contributed by atoms with van der Waals surface area (Å²) in [5.41, 5.74) is 0.939. The first kappa shape index (κ1) is 24.8. The van der Waals surface area contributed by atoms with E-state index in [1.807, 2.05) is 11.3 Å². The summed E-state index contributed by atoms with van der Waals surface area (Å²) in [6.45, 7) is 2.51. The molecule has 2 aliphatic carbocycles. The van der Waals surface area contributed by atoms with Gasteiger partial charge >= 0.3 is 0 Å². The van der Waals surface area contributed by atoms with Gasteiger partial charge in [-0.1, -0.05) is 50.8 Å². The molecule has 2 N–H and O–H groups in total. The smallest absolute Gasteiger partial charge is 0.262 e. The van der Waals surface area contributed by atoms with Crippen molar-refractivity contribution in [1.29, 1.82) is 0 Å². The van der Waals surface area contributed by atoms with Crippen molar-refractivity contribution in [3.63, 3.8) is 0 Å². The summed E-state index contributed by atoms with van der Waals surface area (Å²) >= 11 is 1.30. The van der Waals surface area contributed by atoms with Crippen molar-refractivity contribution in [1.82, 2.24) is 29.8 Å². The predicted octanol–water partition coefficient (Wildman–Crippen LogP) is 3.67. The van der Waals surface area contributed by atoms with E-state index in [2.05, 4.69) is 20.8 Å². The molecule has 0 spiro atoms. The monoisotopic (exact) mass is 510 g/mol. The van der Waals surface area contributed by atoms with Gasteiger partial charge in [-0.3, -0.25) is 23.4 Å². The molecule has 0 radical (unpaired) electrons. The third kappa shape index (κ3) is 5.14. The molecule has 0 bridgehead atoms. The summed E-state index contributed by atoms with van der Waals surface area (Å²) < 4.78 is 3.44. The van der Waals surface area contributed by atoms with E-state index in [9.17, 15) is 14.4 Å². The Labute approximate surface area is 214 Å². The standard InChI is InChI=1S/C26H34N6O3S/c1-2-14-31-24(35)20-13-12-17(23(34)28-19-8-4-3-5-9-19)15-21(20)32-25(31)29-30-26(32)36-16-22(33)27-18-10-6-7-11-18/h12-13,15,18-19H,2-11,14,16H2,1H3,(H,27,33)(H,28,34). The Morgan fingerprint density at radius 3 is 2.42 bits per heavy atom. The number of aromatic nitrogens is 4. The van der Waals surface area contributed by atoms with Crippen LogP contribution in [0.2, 0.25) is 0 Å². The van der Waals surface area contributed by atoms with E-state index in [-0.39, 0.29) is 35.2 Å². The van der Waals surface area contributed by atoms with Gasteiger partial charge in [0, 0.05) is 24.2 Å². The molecule has 9 nitrogen and oxygen atoms in total. The van der Waals surface area contributed by atoms with E-state index >= 15 is 0 Å². The number of carbonyl (C=O) groups excluding carboxylic acids is 2. The van der Waals surface area contributed by atoms with E-state index in [1.165, 1.54) is 18.2 Å². The van der Waals surface area contributed by atoms with Gasteiger partial charge in [-0.05, 0) is 50.3 Å². The summed E-state index contributed by atoms with van der Waals surface area (Å²) in [7, 11) is 0. The summed E-state index contributed by atoms with van der Waals surface area (Å²) in [4.78, 5) is 38.9. The number of carbonyl (C=O) groups is 2. The van der Waals surface area contributed by atoms with E-state index in [4.69, 9.17) is 0 Å². The van der Waals surface area contributed by atoms with Crippen LogP contribution in [-0.2, 0) is 11.3 Å². The fourth-order valence-electron chi connectivity index (χ4n) is 5.43. The van der Waals surface area contributed by atoms with Gasteiger partial charge in [0.15, 0.2) is 5.16 Å². The Hall–Kier alpha value is -2.88. The van der Waals surface area contributed by atoms with Crippen molar-refractivity contribution in [3.05, 3.63) is 34.1 Å². The average molecular weight is 511 g/mol. The normalized spacial score (nSPS) is 17.1. The highest BCUT2D eigenvalue weighted by molar-refractivity contribution is 7.99. The number of hydrogen-bond donors (Lipinski definition) is 2. The van der Waals surface area contributed by atoms with Gasteiger partial charge in [0.1, 0.15) is 0 Å². The minimum atomic E-state index is -0.151. The molecule has 0 saturated heterocycles. The van der Waals surface area contributed by atoms with Gasteiger partial charge in [-0.15, -0.1) is 10.2 Å². The number of nitrogens with one attached hydrogen (secondary N) is 2. The van der Waals surface area contributed by atoms with Crippen molar-refractivity contribution in [2.24, 2.45) is 0 Å². The van der Waals surface area contributed by atoms with Crippen LogP contribution in [0.4, 0.5) is 0 Å². The molecule has 0 unspecified atom stereocenters. The molecule has 2 saturated carbocycles. The molecule has 192 valence electrons. The lowest BCUT2D eigenvalue weighted by Crippen LogP contribution is -2.36. The molecule has 5 rings (SSSR count). The Kier molecular flexibility index (Phi) is 7.59. The Balaban J connectivity index is 1.48. The van der Waals surface area contributed by atoms with E-state index < -0.39 is 0 Å². The second kappa shape index (κ2) is 11.0. The zero-order valence-electron chi connectivity index (χ0n) is 20.8.